The number of anilines is 1. The minimum Gasteiger partial charge on any atom is -0.489 e. The van der Waals surface area contributed by atoms with E-state index in [0.29, 0.717) is 34.9 Å². The van der Waals surface area contributed by atoms with E-state index in [0.717, 1.165) is 16.9 Å². The highest BCUT2D eigenvalue weighted by Gasteiger charge is 2.13. The van der Waals surface area contributed by atoms with Gasteiger partial charge in [0.1, 0.15) is 18.2 Å². The van der Waals surface area contributed by atoms with Gasteiger partial charge in [-0.2, -0.15) is 5.10 Å². The number of rotatable bonds is 8. The van der Waals surface area contributed by atoms with Crippen molar-refractivity contribution in [2.24, 2.45) is 0 Å². The first kappa shape index (κ1) is 23.7. The summed E-state index contributed by atoms with van der Waals surface area (Å²) in [6, 6.07) is 21.6. The van der Waals surface area contributed by atoms with Crippen LogP contribution in [0.1, 0.15) is 46.8 Å². The average Bonchev–Trinajstić information content (AvgIpc) is 3.18. The molecule has 0 atom stereocenters. The maximum Gasteiger partial charge on any atom is 0.256 e. The lowest BCUT2D eigenvalue weighted by Crippen LogP contribution is -2.13. The van der Waals surface area contributed by atoms with Crippen molar-refractivity contribution in [3.63, 3.8) is 0 Å². The lowest BCUT2D eigenvalue weighted by atomic mass is 10.0. The van der Waals surface area contributed by atoms with E-state index >= 15 is 0 Å². The van der Waals surface area contributed by atoms with Crippen LogP contribution in [0, 0.1) is 5.82 Å². The molecule has 0 saturated carbocycles. The molecule has 174 valence electrons. The van der Waals surface area contributed by atoms with Crippen molar-refractivity contribution in [3.8, 4) is 5.75 Å². The first-order valence-corrected chi connectivity index (χ1v) is 11.8. The van der Waals surface area contributed by atoms with Crippen LogP contribution in [0.2, 0.25) is 0 Å². The highest BCUT2D eigenvalue weighted by molar-refractivity contribution is 9.10. The van der Waals surface area contributed by atoms with Crippen LogP contribution in [0.5, 0.6) is 5.75 Å². The second kappa shape index (κ2) is 10.7. The Balaban J connectivity index is 1.38. The van der Waals surface area contributed by atoms with Crippen LogP contribution in [0.15, 0.2) is 83.5 Å². The maximum atomic E-state index is 13.1. The number of aromatic nitrogens is 2. The monoisotopic (exact) mass is 521 g/mol. The van der Waals surface area contributed by atoms with Crippen molar-refractivity contribution in [2.75, 3.05) is 5.32 Å². The fourth-order valence-corrected chi connectivity index (χ4v) is 3.85. The first-order chi connectivity index (χ1) is 16.4. The Labute approximate surface area is 206 Å². The molecule has 1 aromatic heterocycles. The Morgan fingerprint density at radius 1 is 1.06 bits per heavy atom. The molecule has 1 amide bonds. The summed E-state index contributed by atoms with van der Waals surface area (Å²) in [5, 5.41) is 7.27. The molecule has 0 bridgehead atoms. The van der Waals surface area contributed by atoms with E-state index < -0.39 is 0 Å². The molecule has 0 fully saturated rings. The summed E-state index contributed by atoms with van der Waals surface area (Å²) in [5.41, 5.74) is 3.57. The third-order valence-corrected chi connectivity index (χ3v) is 5.93. The smallest absolute Gasteiger partial charge is 0.256 e. The first-order valence-electron chi connectivity index (χ1n) is 11.0. The van der Waals surface area contributed by atoms with Crippen LogP contribution >= 0.6 is 15.9 Å². The SMILES string of the molecule is CC(C)c1ccc(OCc2cccc(C(=O)Nc3nn(Cc4ccc(F)cc4)cc3Br)c2)cc1. The number of hydrogen-bond donors (Lipinski definition) is 1. The zero-order valence-electron chi connectivity index (χ0n) is 19.0. The van der Waals surface area contributed by atoms with Gasteiger partial charge in [0.2, 0.25) is 0 Å². The zero-order chi connectivity index (χ0) is 24.1. The normalized spacial score (nSPS) is 11.0. The van der Waals surface area contributed by atoms with E-state index in [1.165, 1.54) is 17.7 Å². The Kier molecular flexibility index (Phi) is 7.43. The van der Waals surface area contributed by atoms with Gasteiger partial charge in [-0.1, -0.05) is 50.2 Å². The Hall–Kier alpha value is -3.45. The molecule has 0 radical (unpaired) electrons. The van der Waals surface area contributed by atoms with Crippen molar-refractivity contribution in [1.29, 1.82) is 0 Å². The van der Waals surface area contributed by atoms with E-state index in [9.17, 15) is 9.18 Å². The molecule has 1 N–H and O–H groups in total. The van der Waals surface area contributed by atoms with Gasteiger partial charge in [-0.15, -0.1) is 0 Å². The van der Waals surface area contributed by atoms with Crippen LogP contribution in [0.25, 0.3) is 0 Å². The topological polar surface area (TPSA) is 56.1 Å². The fraction of sp³-hybridized carbons (Fsp3) is 0.185. The Morgan fingerprint density at radius 2 is 1.79 bits per heavy atom. The lowest BCUT2D eigenvalue weighted by molar-refractivity contribution is 0.102. The van der Waals surface area contributed by atoms with Crippen LogP contribution in [0.3, 0.4) is 0 Å². The van der Waals surface area contributed by atoms with Gasteiger partial charge in [-0.3, -0.25) is 9.48 Å². The molecule has 4 aromatic rings. The van der Waals surface area contributed by atoms with Gasteiger partial charge in [-0.25, -0.2) is 4.39 Å². The summed E-state index contributed by atoms with van der Waals surface area (Å²) < 4.78 is 21.3. The number of amides is 1. The van der Waals surface area contributed by atoms with E-state index in [2.05, 4.69) is 52.3 Å². The second-order valence-corrected chi connectivity index (χ2v) is 9.17. The van der Waals surface area contributed by atoms with Gasteiger partial charge < -0.3 is 10.1 Å². The molecule has 0 spiro atoms. The number of nitrogens with one attached hydrogen (secondary N) is 1. The number of ether oxygens (including phenoxy) is 1. The third kappa shape index (κ3) is 6.11. The Morgan fingerprint density at radius 3 is 2.50 bits per heavy atom. The summed E-state index contributed by atoms with van der Waals surface area (Å²) in [6.07, 6.45) is 1.77. The van der Waals surface area contributed by atoms with E-state index in [4.69, 9.17) is 4.74 Å². The molecule has 0 aliphatic heterocycles. The van der Waals surface area contributed by atoms with Gasteiger partial charge in [0.25, 0.3) is 5.91 Å². The van der Waals surface area contributed by atoms with Gasteiger partial charge in [0.15, 0.2) is 5.82 Å². The summed E-state index contributed by atoms with van der Waals surface area (Å²) in [4.78, 5) is 12.8. The van der Waals surface area contributed by atoms with E-state index in [-0.39, 0.29) is 11.7 Å². The third-order valence-electron chi connectivity index (χ3n) is 5.35. The number of carbonyl (C=O) groups excluding carboxylic acids is 1. The van der Waals surface area contributed by atoms with Crippen LogP contribution in [-0.2, 0) is 13.2 Å². The molecule has 4 rings (SSSR count). The van der Waals surface area contributed by atoms with Crippen molar-refractivity contribution in [3.05, 3.63) is 112 Å². The minimum absolute atomic E-state index is 0.268. The molecule has 34 heavy (non-hydrogen) atoms. The highest BCUT2D eigenvalue weighted by atomic mass is 79.9. The lowest BCUT2D eigenvalue weighted by Gasteiger charge is -2.10. The number of hydrogen-bond acceptors (Lipinski definition) is 3. The zero-order valence-corrected chi connectivity index (χ0v) is 20.5. The quantitative estimate of drug-likeness (QED) is 0.277. The average molecular weight is 522 g/mol. The maximum absolute atomic E-state index is 13.1. The van der Waals surface area contributed by atoms with Crippen molar-refractivity contribution in [1.82, 2.24) is 9.78 Å². The van der Waals surface area contributed by atoms with Crippen LogP contribution in [-0.4, -0.2) is 15.7 Å². The number of carbonyl (C=O) groups is 1. The molecule has 0 aliphatic carbocycles. The van der Waals surface area contributed by atoms with Gasteiger partial charge >= 0.3 is 0 Å². The molecule has 0 unspecified atom stereocenters. The van der Waals surface area contributed by atoms with Crippen molar-refractivity contribution >= 4 is 27.7 Å². The van der Waals surface area contributed by atoms with Crippen LogP contribution in [0.4, 0.5) is 10.2 Å². The number of benzene rings is 3. The van der Waals surface area contributed by atoms with E-state index in [1.807, 2.05) is 24.3 Å². The van der Waals surface area contributed by atoms with Gasteiger partial charge in [0.05, 0.1) is 11.0 Å². The summed E-state index contributed by atoms with van der Waals surface area (Å²) >= 11 is 3.44. The Bertz CT molecular complexity index is 1270. The molecule has 0 aliphatic rings. The van der Waals surface area contributed by atoms with E-state index in [1.54, 1.807) is 35.1 Å². The molecule has 3 aromatic carbocycles. The van der Waals surface area contributed by atoms with Crippen LogP contribution < -0.4 is 10.1 Å². The van der Waals surface area contributed by atoms with Gasteiger partial charge in [-0.05, 0) is 74.9 Å². The standard InChI is InChI=1S/C27H25BrFN3O2/c1-18(2)21-8-12-24(13-9-21)34-17-20-4-3-5-22(14-20)27(33)30-26-25(28)16-32(31-26)15-19-6-10-23(29)11-7-19/h3-14,16,18H,15,17H2,1-2H3,(H,30,31,33). The largest absolute Gasteiger partial charge is 0.489 e. The summed E-state index contributed by atoms with van der Waals surface area (Å²) in [5.74, 6) is 1.12. The van der Waals surface area contributed by atoms with Crippen molar-refractivity contribution in [2.45, 2.75) is 32.9 Å². The molecule has 7 heteroatoms. The molecule has 0 saturated heterocycles. The second-order valence-electron chi connectivity index (χ2n) is 8.32. The summed E-state index contributed by atoms with van der Waals surface area (Å²) in [6.45, 7) is 5.12. The van der Waals surface area contributed by atoms with Crippen molar-refractivity contribution < 1.29 is 13.9 Å². The number of nitrogens with zero attached hydrogens (tertiary/aromatic N) is 2. The molecule has 1 heterocycles. The predicted octanol–water partition coefficient (Wildman–Crippen LogP) is 6.79. The molecule has 5 nitrogen and oxygen atoms in total. The highest BCUT2D eigenvalue weighted by Crippen LogP contribution is 2.23. The summed E-state index contributed by atoms with van der Waals surface area (Å²) in [7, 11) is 0. The molecular formula is C27H25BrFN3O2. The number of halogens is 2. The predicted molar refractivity (Wildman–Crippen MR) is 135 cm³/mol. The molecular weight excluding hydrogens is 497 g/mol. The minimum atomic E-state index is -0.282. The van der Waals surface area contributed by atoms with Gasteiger partial charge in [0, 0.05) is 11.8 Å². The fourth-order valence-electron chi connectivity index (χ4n) is 3.44.